The molecule has 0 saturated carbocycles. The van der Waals surface area contributed by atoms with Crippen molar-refractivity contribution in [3.8, 4) is 0 Å². The molecule has 0 N–H and O–H groups in total. The third kappa shape index (κ3) is 22.5. The standard InChI is InChI=1S/C14H18.2C5H5.5CH3.4ClH.2Zr/c1-9-5-7-13(11(9)3)14-8-6-10(2)12(14)4;2*1-2-4-5-3-1;;;;;;;;;;;/h5-6H,7-8H2,1-4H3;2*1-3H,4H2;5*1H3;4*1H;;/q;7*-1;;;;;+2;+4/p-4. The average molecular weight is 716 g/mol. The summed E-state index contributed by atoms with van der Waals surface area (Å²) in [5, 5.41) is 0. The van der Waals surface area contributed by atoms with Gasteiger partial charge in [0.1, 0.15) is 0 Å². The molecular formula is C29H43Cl4Zr2-5. The van der Waals surface area contributed by atoms with Crippen LogP contribution in [0.4, 0.5) is 0 Å². The molecule has 0 heterocycles. The summed E-state index contributed by atoms with van der Waals surface area (Å²) in [5.74, 6) is 0. The molecule has 0 aromatic heterocycles. The van der Waals surface area contributed by atoms with E-state index < -0.39 is 20.8 Å². The number of allylic oxidation sites excluding steroid dienone is 16. The summed E-state index contributed by atoms with van der Waals surface area (Å²) in [4.78, 5) is 0. The molecule has 4 rings (SSSR count). The van der Waals surface area contributed by atoms with Crippen LogP contribution in [-0.2, 0) is 47.1 Å². The molecule has 0 aromatic carbocycles. The van der Waals surface area contributed by atoms with Crippen LogP contribution in [0.2, 0.25) is 0 Å². The second kappa shape index (κ2) is 34.8. The molecule has 4 aliphatic carbocycles. The van der Waals surface area contributed by atoms with Gasteiger partial charge in [-0.3, -0.25) is 12.2 Å². The molecule has 0 saturated heterocycles. The Labute approximate surface area is 270 Å². The number of hydrogen-bond acceptors (Lipinski definition) is 0. The van der Waals surface area contributed by atoms with Gasteiger partial charge in [-0.1, -0.05) is 23.3 Å². The molecule has 0 spiro atoms. The summed E-state index contributed by atoms with van der Waals surface area (Å²) in [6.45, 7) is 8.94. The van der Waals surface area contributed by atoms with Gasteiger partial charge in [-0.05, 0) is 62.8 Å². The second-order valence-electron chi connectivity index (χ2n) is 6.47. The molecule has 0 fully saturated rings. The van der Waals surface area contributed by atoms with Crippen LogP contribution in [0.5, 0.6) is 0 Å². The summed E-state index contributed by atoms with van der Waals surface area (Å²) in [5.41, 5.74) is 9.08. The van der Waals surface area contributed by atoms with Crippen LogP contribution in [0.1, 0.15) is 53.4 Å². The van der Waals surface area contributed by atoms with Crippen molar-refractivity contribution >= 4 is 17.0 Å². The molecule has 6 heteroatoms. The van der Waals surface area contributed by atoms with Gasteiger partial charge in [-0.15, -0.1) is 12.8 Å². The molecule has 0 aromatic rings. The van der Waals surface area contributed by atoms with Crippen LogP contribution in [0.3, 0.4) is 0 Å². The van der Waals surface area contributed by atoms with Gasteiger partial charge in [0.2, 0.25) is 0 Å². The molecule has 0 bridgehead atoms. The van der Waals surface area contributed by atoms with E-state index in [0.717, 1.165) is 25.7 Å². The van der Waals surface area contributed by atoms with E-state index in [4.69, 9.17) is 17.0 Å². The van der Waals surface area contributed by atoms with Crippen molar-refractivity contribution in [2.75, 3.05) is 0 Å². The minimum atomic E-state index is -0.826. The molecule has 4 aliphatic rings. The van der Waals surface area contributed by atoms with Crippen molar-refractivity contribution in [2.45, 2.75) is 53.4 Å². The third-order valence-electron chi connectivity index (χ3n) is 4.85. The fourth-order valence-electron chi connectivity index (χ4n) is 2.98. The van der Waals surface area contributed by atoms with Crippen LogP contribution < -0.4 is 24.8 Å². The van der Waals surface area contributed by atoms with Gasteiger partial charge in [0, 0.05) is 0 Å². The Balaban J connectivity index is -0.0000000500. The minimum absolute atomic E-state index is 0. The molecule has 0 nitrogen and oxygen atoms in total. The van der Waals surface area contributed by atoms with Crippen molar-refractivity contribution < 1.29 is 71.9 Å². The Hall–Kier alpha value is 0.846. The fourth-order valence-corrected chi connectivity index (χ4v) is 2.98. The predicted octanol–water partition coefficient (Wildman–Crippen LogP) is 4.56. The molecule has 0 unspecified atom stereocenters. The van der Waals surface area contributed by atoms with Crippen LogP contribution in [-0.4, -0.2) is 0 Å². The number of halogens is 4. The normalized spacial score (nSPS) is 14.1. The molecule has 0 aliphatic heterocycles. The summed E-state index contributed by atoms with van der Waals surface area (Å²) in [6.07, 6.45) is 27.0. The zero-order valence-electron chi connectivity index (χ0n) is 23.0. The van der Waals surface area contributed by atoms with Crippen molar-refractivity contribution in [1.82, 2.24) is 0 Å². The first-order valence-electron chi connectivity index (χ1n) is 9.16. The van der Waals surface area contributed by atoms with E-state index in [1.54, 1.807) is 11.1 Å². The topological polar surface area (TPSA) is 0 Å². The fraction of sp³-hybridized carbons (Fsp3) is 0.276. The predicted molar refractivity (Wildman–Crippen MR) is 149 cm³/mol. The summed E-state index contributed by atoms with van der Waals surface area (Å²) < 4.78 is 0. The van der Waals surface area contributed by atoms with Gasteiger partial charge in [0.05, 0.1) is 0 Å². The van der Waals surface area contributed by atoms with Crippen LogP contribution in [0, 0.1) is 49.3 Å². The smallest absolute Gasteiger partial charge is 2.00 e. The molecule has 0 radical (unpaired) electrons. The van der Waals surface area contributed by atoms with Gasteiger partial charge in [0.25, 0.3) is 0 Å². The van der Waals surface area contributed by atoms with Crippen molar-refractivity contribution in [1.29, 1.82) is 0 Å². The monoisotopic (exact) mass is 711 g/mol. The Morgan fingerprint density at radius 2 is 0.943 bits per heavy atom. The number of hydrogen-bond donors (Lipinski definition) is 0. The summed E-state index contributed by atoms with van der Waals surface area (Å²) in [7, 11) is 9.87. The van der Waals surface area contributed by atoms with E-state index in [1.165, 1.54) is 22.3 Å². The number of rotatable bonds is 1. The van der Waals surface area contributed by atoms with Gasteiger partial charge in [-0.2, -0.15) is 12.2 Å². The van der Waals surface area contributed by atoms with E-state index >= 15 is 0 Å². The van der Waals surface area contributed by atoms with E-state index in [9.17, 15) is 0 Å². The van der Waals surface area contributed by atoms with Crippen molar-refractivity contribution in [2.24, 2.45) is 0 Å². The largest absolute Gasteiger partial charge is 2.00 e. The zero-order valence-corrected chi connectivity index (χ0v) is 30.9. The van der Waals surface area contributed by atoms with Crippen molar-refractivity contribution in [3.63, 3.8) is 0 Å². The van der Waals surface area contributed by atoms with Gasteiger partial charge >= 0.3 is 64.1 Å². The van der Waals surface area contributed by atoms with Crippen LogP contribution in [0.15, 0.2) is 82.0 Å². The maximum Gasteiger partial charge on any atom is 2.00 e. The Kier molecular flexibility index (Phi) is 55.9. The Bertz CT molecular complexity index is 656. The third-order valence-corrected chi connectivity index (χ3v) is 4.85. The van der Waals surface area contributed by atoms with E-state index in [2.05, 4.69) is 64.2 Å². The van der Waals surface area contributed by atoms with Gasteiger partial charge < -0.3 is 61.9 Å². The minimum Gasteiger partial charge on any atom is 2.00 e. The summed E-state index contributed by atoms with van der Waals surface area (Å²) in [6, 6.07) is 0. The quantitative estimate of drug-likeness (QED) is 0.350. The molecule has 0 atom stereocenters. The molecule has 0 amide bonds. The van der Waals surface area contributed by atoms with Gasteiger partial charge in [-0.25, -0.2) is 24.3 Å². The Morgan fingerprint density at radius 3 is 1.06 bits per heavy atom. The second-order valence-corrected chi connectivity index (χ2v) is 10.2. The first-order chi connectivity index (χ1) is 13.0. The maximum atomic E-state index is 4.93. The Morgan fingerprint density at radius 1 is 0.657 bits per heavy atom. The van der Waals surface area contributed by atoms with E-state index in [-0.39, 0.29) is 88.2 Å². The molecular weight excluding hydrogens is 673 g/mol. The SMILES string of the molecule is CC1=CCC(C2=C(C)C(C)=CC2)=C1C.[C-]1=CC=CC1.[C-]1=CC=CC1.[CH3-].[CH3-].[CH3-].[CH3-].[CH3-].[Cl-].[Cl-].[Cl][Zr+2][Cl].[Zr+2]. The first-order valence-corrected chi connectivity index (χ1v) is 15.5. The molecule has 35 heavy (non-hydrogen) atoms. The van der Waals surface area contributed by atoms with E-state index in [0.29, 0.717) is 0 Å². The van der Waals surface area contributed by atoms with Gasteiger partial charge in [0.15, 0.2) is 0 Å². The first kappa shape index (κ1) is 56.1. The van der Waals surface area contributed by atoms with Crippen LogP contribution in [0.25, 0.3) is 0 Å². The maximum absolute atomic E-state index is 4.93. The molecule has 200 valence electrons. The van der Waals surface area contributed by atoms with Crippen LogP contribution >= 0.6 is 17.0 Å². The average Bonchev–Trinajstić information content (AvgIpc) is 3.45. The van der Waals surface area contributed by atoms with Crippen molar-refractivity contribution in [3.05, 3.63) is 131 Å². The zero-order chi connectivity index (χ0) is 20.1. The van der Waals surface area contributed by atoms with E-state index in [1.807, 2.05) is 24.3 Å². The summed E-state index contributed by atoms with van der Waals surface area (Å²) >= 11 is -0.826.